The molecular weight excluding hydrogens is 457 g/mol. The standard InChI is InChI=1S/C26H47N3O2.2ClH/c1-4-5-6-7-9-15-24(28)19-18-22(2)31-25-16-12-11-14-23(25)21-29(3)26(30)17-10-8-13-20-27;;/h11-12,14,16,22,24H,4-10,13,15,17-21,27-28H2,1-3H3;2*1H. The summed E-state index contributed by atoms with van der Waals surface area (Å²) in [6.45, 7) is 5.61. The SMILES string of the molecule is CCCCCCCC(N)CCC(C)Oc1ccccc1CN(C)C(=O)CCCCCN.Cl.Cl. The Morgan fingerprint density at radius 3 is 2.33 bits per heavy atom. The van der Waals surface area contributed by atoms with E-state index in [1.54, 1.807) is 4.90 Å². The summed E-state index contributed by atoms with van der Waals surface area (Å²) < 4.78 is 6.24. The summed E-state index contributed by atoms with van der Waals surface area (Å²) >= 11 is 0. The van der Waals surface area contributed by atoms with Crippen molar-refractivity contribution < 1.29 is 9.53 Å². The van der Waals surface area contributed by atoms with Crippen molar-refractivity contribution in [3.63, 3.8) is 0 Å². The highest BCUT2D eigenvalue weighted by molar-refractivity contribution is 5.85. The molecule has 1 rings (SSSR count). The first kappa shape index (κ1) is 34.2. The number of ether oxygens (including phenoxy) is 1. The quantitative estimate of drug-likeness (QED) is 0.231. The van der Waals surface area contributed by atoms with Crippen LogP contribution in [-0.4, -0.2) is 36.5 Å². The Morgan fingerprint density at radius 1 is 0.970 bits per heavy atom. The molecule has 1 aromatic rings. The van der Waals surface area contributed by atoms with Gasteiger partial charge in [0.15, 0.2) is 0 Å². The molecule has 2 unspecified atom stereocenters. The van der Waals surface area contributed by atoms with Gasteiger partial charge in [0.25, 0.3) is 0 Å². The van der Waals surface area contributed by atoms with E-state index in [9.17, 15) is 4.79 Å². The fourth-order valence-electron chi connectivity index (χ4n) is 3.76. The van der Waals surface area contributed by atoms with Crippen molar-refractivity contribution in [3.05, 3.63) is 29.8 Å². The van der Waals surface area contributed by atoms with Crippen LogP contribution in [0.1, 0.15) is 96.5 Å². The smallest absolute Gasteiger partial charge is 0.222 e. The van der Waals surface area contributed by atoms with E-state index < -0.39 is 0 Å². The number of para-hydroxylation sites is 1. The molecule has 5 nitrogen and oxygen atoms in total. The molecule has 0 saturated heterocycles. The third kappa shape index (κ3) is 16.3. The van der Waals surface area contributed by atoms with E-state index in [-0.39, 0.29) is 42.9 Å². The fraction of sp³-hybridized carbons (Fsp3) is 0.731. The third-order valence-corrected chi connectivity index (χ3v) is 5.85. The molecule has 2 atom stereocenters. The van der Waals surface area contributed by atoms with Crippen molar-refractivity contribution in [1.29, 1.82) is 0 Å². The van der Waals surface area contributed by atoms with E-state index in [0.29, 0.717) is 19.5 Å². The van der Waals surface area contributed by atoms with E-state index in [4.69, 9.17) is 16.2 Å². The number of amides is 1. The van der Waals surface area contributed by atoms with Crippen LogP contribution in [-0.2, 0) is 11.3 Å². The monoisotopic (exact) mass is 505 g/mol. The Bertz CT molecular complexity index is 605. The largest absolute Gasteiger partial charge is 0.490 e. The number of nitrogens with two attached hydrogens (primary N) is 2. The Balaban J connectivity index is 0. The summed E-state index contributed by atoms with van der Waals surface area (Å²) in [5, 5.41) is 0. The lowest BCUT2D eigenvalue weighted by molar-refractivity contribution is -0.130. The first-order chi connectivity index (χ1) is 15.0. The molecule has 4 N–H and O–H groups in total. The molecule has 0 aliphatic carbocycles. The Kier molecular flexibility index (Phi) is 22.3. The molecule has 0 spiro atoms. The van der Waals surface area contributed by atoms with Gasteiger partial charge in [-0.2, -0.15) is 0 Å². The van der Waals surface area contributed by atoms with E-state index in [1.165, 1.54) is 32.1 Å². The van der Waals surface area contributed by atoms with E-state index in [2.05, 4.69) is 13.8 Å². The Morgan fingerprint density at radius 2 is 1.64 bits per heavy atom. The second kappa shape index (κ2) is 21.5. The Hall–Kier alpha value is -1.01. The van der Waals surface area contributed by atoms with Crippen molar-refractivity contribution in [1.82, 2.24) is 4.90 Å². The average Bonchev–Trinajstić information content (AvgIpc) is 2.76. The van der Waals surface area contributed by atoms with Gasteiger partial charge in [-0.15, -0.1) is 24.8 Å². The lowest BCUT2D eigenvalue weighted by atomic mass is 10.0. The molecule has 0 radical (unpaired) electrons. The van der Waals surface area contributed by atoms with Crippen LogP contribution >= 0.6 is 24.8 Å². The number of nitrogens with zero attached hydrogens (tertiary/aromatic N) is 1. The normalized spacial score (nSPS) is 12.3. The molecule has 0 fully saturated rings. The minimum atomic E-state index is 0. The zero-order chi connectivity index (χ0) is 22.9. The lowest BCUT2D eigenvalue weighted by Crippen LogP contribution is -2.27. The summed E-state index contributed by atoms with van der Waals surface area (Å²) in [7, 11) is 1.87. The molecule has 0 saturated carbocycles. The zero-order valence-corrected chi connectivity index (χ0v) is 22.7. The minimum absolute atomic E-state index is 0. The van der Waals surface area contributed by atoms with Crippen LogP contribution in [0.15, 0.2) is 24.3 Å². The molecule has 33 heavy (non-hydrogen) atoms. The third-order valence-electron chi connectivity index (χ3n) is 5.85. The summed E-state index contributed by atoms with van der Waals surface area (Å²) in [6.07, 6.45) is 13.0. The van der Waals surface area contributed by atoms with Gasteiger partial charge in [0.2, 0.25) is 5.91 Å². The van der Waals surface area contributed by atoms with Gasteiger partial charge in [0, 0.05) is 31.6 Å². The van der Waals surface area contributed by atoms with Crippen molar-refractivity contribution in [2.75, 3.05) is 13.6 Å². The number of carbonyl (C=O) groups excluding carboxylic acids is 1. The number of halogens is 2. The second-order valence-corrected chi connectivity index (χ2v) is 8.93. The highest BCUT2D eigenvalue weighted by Crippen LogP contribution is 2.23. The highest BCUT2D eigenvalue weighted by atomic mass is 35.5. The topological polar surface area (TPSA) is 81.6 Å². The van der Waals surface area contributed by atoms with Gasteiger partial charge in [0.05, 0.1) is 6.10 Å². The summed E-state index contributed by atoms with van der Waals surface area (Å²) in [5.41, 5.74) is 12.9. The number of benzene rings is 1. The van der Waals surface area contributed by atoms with E-state index in [1.807, 2.05) is 31.3 Å². The van der Waals surface area contributed by atoms with Gasteiger partial charge in [0.1, 0.15) is 5.75 Å². The molecular formula is C26H49Cl2N3O2. The van der Waals surface area contributed by atoms with Gasteiger partial charge in [-0.3, -0.25) is 4.79 Å². The maximum absolute atomic E-state index is 12.4. The average molecular weight is 507 g/mol. The van der Waals surface area contributed by atoms with Gasteiger partial charge in [-0.1, -0.05) is 63.6 Å². The van der Waals surface area contributed by atoms with Gasteiger partial charge in [-0.25, -0.2) is 0 Å². The van der Waals surface area contributed by atoms with Crippen molar-refractivity contribution in [2.45, 2.75) is 110 Å². The molecule has 194 valence electrons. The highest BCUT2D eigenvalue weighted by Gasteiger charge is 2.14. The second-order valence-electron chi connectivity index (χ2n) is 8.93. The number of carbonyl (C=O) groups is 1. The molecule has 0 aliphatic heterocycles. The fourth-order valence-corrected chi connectivity index (χ4v) is 3.76. The van der Waals surface area contributed by atoms with Crippen molar-refractivity contribution in [3.8, 4) is 5.75 Å². The summed E-state index contributed by atoms with van der Waals surface area (Å²) in [5.74, 6) is 1.04. The van der Waals surface area contributed by atoms with Crippen LogP contribution in [0.2, 0.25) is 0 Å². The maximum atomic E-state index is 12.4. The molecule has 1 aromatic carbocycles. The number of unbranched alkanes of at least 4 members (excludes halogenated alkanes) is 6. The van der Waals surface area contributed by atoms with Crippen LogP contribution in [0.4, 0.5) is 0 Å². The molecule has 1 amide bonds. The molecule has 0 bridgehead atoms. The first-order valence-electron chi connectivity index (χ1n) is 12.4. The maximum Gasteiger partial charge on any atom is 0.222 e. The molecule has 0 heterocycles. The predicted octanol–water partition coefficient (Wildman–Crippen LogP) is 6.24. The first-order valence-corrected chi connectivity index (χ1v) is 12.4. The summed E-state index contributed by atoms with van der Waals surface area (Å²) in [6, 6.07) is 8.29. The van der Waals surface area contributed by atoms with Gasteiger partial charge in [-0.05, 0) is 51.6 Å². The molecule has 0 aromatic heterocycles. The van der Waals surface area contributed by atoms with Gasteiger partial charge >= 0.3 is 0 Å². The predicted molar refractivity (Wildman–Crippen MR) is 146 cm³/mol. The number of rotatable bonds is 18. The van der Waals surface area contributed by atoms with E-state index >= 15 is 0 Å². The number of hydrogen-bond donors (Lipinski definition) is 2. The Labute approximate surface area is 215 Å². The lowest BCUT2D eigenvalue weighted by Gasteiger charge is -2.22. The number of hydrogen-bond acceptors (Lipinski definition) is 4. The van der Waals surface area contributed by atoms with E-state index in [0.717, 1.165) is 49.8 Å². The van der Waals surface area contributed by atoms with Crippen molar-refractivity contribution in [2.24, 2.45) is 11.5 Å². The minimum Gasteiger partial charge on any atom is -0.490 e. The van der Waals surface area contributed by atoms with Gasteiger partial charge < -0.3 is 21.1 Å². The van der Waals surface area contributed by atoms with Crippen LogP contribution in [0, 0.1) is 0 Å². The van der Waals surface area contributed by atoms with Crippen LogP contribution in [0.5, 0.6) is 5.75 Å². The summed E-state index contributed by atoms with van der Waals surface area (Å²) in [4.78, 5) is 14.2. The molecule has 0 aliphatic rings. The van der Waals surface area contributed by atoms with Crippen LogP contribution in [0.25, 0.3) is 0 Å². The van der Waals surface area contributed by atoms with Crippen molar-refractivity contribution >= 4 is 30.7 Å². The van der Waals surface area contributed by atoms with Crippen LogP contribution < -0.4 is 16.2 Å². The molecule has 7 heteroatoms. The zero-order valence-electron chi connectivity index (χ0n) is 21.1. The van der Waals surface area contributed by atoms with Crippen LogP contribution in [0.3, 0.4) is 0 Å².